The van der Waals surface area contributed by atoms with E-state index in [1.807, 2.05) is 0 Å². The van der Waals surface area contributed by atoms with Gasteiger partial charge in [-0.3, -0.25) is 4.79 Å². The van der Waals surface area contributed by atoms with Crippen molar-refractivity contribution < 1.29 is 19.0 Å². The summed E-state index contributed by atoms with van der Waals surface area (Å²) in [6.45, 7) is 1.71. The number of hydrogen-bond donors (Lipinski definition) is 2. The van der Waals surface area contributed by atoms with Gasteiger partial charge in [0.2, 0.25) is 5.88 Å². The van der Waals surface area contributed by atoms with Crippen LogP contribution in [0.2, 0.25) is 5.02 Å². The first kappa shape index (κ1) is 18.6. The summed E-state index contributed by atoms with van der Waals surface area (Å²) in [4.78, 5) is 16.9. The van der Waals surface area contributed by atoms with E-state index >= 15 is 0 Å². The third kappa shape index (κ3) is 3.66. The molecule has 1 atom stereocenters. The predicted octanol–water partition coefficient (Wildman–Crippen LogP) is 3.43. The molecular weight excluding hydrogens is 359 g/mol. The van der Waals surface area contributed by atoms with Crippen molar-refractivity contribution in [1.29, 1.82) is 0 Å². The summed E-state index contributed by atoms with van der Waals surface area (Å²) < 4.78 is 19.2. The van der Waals surface area contributed by atoms with Crippen molar-refractivity contribution in [3.05, 3.63) is 58.0 Å². The first-order valence-electron chi connectivity index (χ1n) is 8.34. The highest BCUT2D eigenvalue weighted by Crippen LogP contribution is 2.38. The molecule has 138 valence electrons. The number of aliphatic hydroxyl groups excluding tert-OH is 1. The molecule has 3 rings (SSSR count). The van der Waals surface area contributed by atoms with Crippen molar-refractivity contribution >= 4 is 17.5 Å². The van der Waals surface area contributed by atoms with E-state index in [2.05, 4.69) is 10.3 Å². The Bertz CT molecular complexity index is 807. The normalized spacial score (nSPS) is 20.2. The van der Waals surface area contributed by atoms with E-state index in [9.17, 15) is 14.3 Å². The van der Waals surface area contributed by atoms with Gasteiger partial charge in [0, 0.05) is 12.3 Å². The van der Waals surface area contributed by atoms with E-state index < -0.39 is 17.8 Å². The number of aryl methyl sites for hydroxylation is 1. The molecule has 7 heteroatoms. The van der Waals surface area contributed by atoms with Gasteiger partial charge < -0.3 is 15.2 Å². The van der Waals surface area contributed by atoms with Gasteiger partial charge in [0.15, 0.2) is 0 Å². The van der Waals surface area contributed by atoms with E-state index in [0.29, 0.717) is 24.3 Å². The van der Waals surface area contributed by atoms with Gasteiger partial charge in [-0.1, -0.05) is 23.7 Å². The number of amides is 1. The second kappa shape index (κ2) is 7.60. The smallest absolute Gasteiger partial charge is 0.256 e. The number of carbonyl (C=O) groups excluding carboxylic acids is 1. The molecule has 0 saturated heterocycles. The molecule has 1 saturated carbocycles. The van der Waals surface area contributed by atoms with Gasteiger partial charge in [0.1, 0.15) is 5.82 Å². The topological polar surface area (TPSA) is 71.5 Å². The maximum Gasteiger partial charge on any atom is 0.256 e. The molecular formula is C19H20ClFN2O3. The number of aromatic nitrogens is 1. The molecule has 1 fully saturated rings. The Kier molecular flexibility index (Phi) is 5.44. The van der Waals surface area contributed by atoms with Crippen molar-refractivity contribution in [2.24, 2.45) is 5.92 Å². The van der Waals surface area contributed by atoms with Crippen molar-refractivity contribution in [3.8, 4) is 5.88 Å². The standard InChI is InChI=1S/C19H20ClFN2O3/c1-10-3-5-14(21)16(17(10)20)19(25)23-18(12-7-13(24)8-12)11-4-6-15(26-2)22-9-11/h3-6,9,12-13,18,24H,7-8H2,1-2H3,(H,23,25). The number of rotatable bonds is 5. The molecule has 0 aliphatic heterocycles. The molecule has 1 aromatic carbocycles. The van der Waals surface area contributed by atoms with Crippen molar-refractivity contribution in [3.63, 3.8) is 0 Å². The van der Waals surface area contributed by atoms with Gasteiger partial charge in [-0.25, -0.2) is 9.37 Å². The highest BCUT2D eigenvalue weighted by molar-refractivity contribution is 6.34. The van der Waals surface area contributed by atoms with Crippen LogP contribution in [0.25, 0.3) is 0 Å². The molecule has 0 spiro atoms. The quantitative estimate of drug-likeness (QED) is 0.836. The van der Waals surface area contributed by atoms with Crippen LogP contribution >= 0.6 is 11.6 Å². The van der Waals surface area contributed by atoms with E-state index in [0.717, 1.165) is 5.56 Å². The number of aliphatic hydroxyl groups is 1. The lowest BCUT2D eigenvalue weighted by atomic mass is 9.75. The van der Waals surface area contributed by atoms with Gasteiger partial charge in [-0.2, -0.15) is 0 Å². The number of methoxy groups -OCH3 is 1. The van der Waals surface area contributed by atoms with Gasteiger partial charge in [0.05, 0.1) is 29.8 Å². The number of benzene rings is 1. The lowest BCUT2D eigenvalue weighted by molar-refractivity contribution is 0.0234. The molecule has 1 heterocycles. The lowest BCUT2D eigenvalue weighted by Gasteiger charge is -2.38. The molecule has 26 heavy (non-hydrogen) atoms. The second-order valence-electron chi connectivity index (χ2n) is 6.52. The Hall–Kier alpha value is -2.18. The Morgan fingerprint density at radius 1 is 1.38 bits per heavy atom. The highest BCUT2D eigenvalue weighted by atomic mass is 35.5. The zero-order chi connectivity index (χ0) is 18.8. The summed E-state index contributed by atoms with van der Waals surface area (Å²) in [5.41, 5.74) is 1.22. The van der Waals surface area contributed by atoms with Gasteiger partial charge >= 0.3 is 0 Å². The zero-order valence-electron chi connectivity index (χ0n) is 14.5. The number of halogens is 2. The van der Waals surface area contributed by atoms with E-state index in [4.69, 9.17) is 16.3 Å². The number of carbonyl (C=O) groups is 1. The summed E-state index contributed by atoms with van der Waals surface area (Å²) in [7, 11) is 1.52. The average Bonchev–Trinajstić information content (AvgIpc) is 2.61. The van der Waals surface area contributed by atoms with E-state index in [-0.39, 0.29) is 22.6 Å². The van der Waals surface area contributed by atoms with Gasteiger partial charge in [-0.05, 0) is 42.9 Å². The molecule has 2 N–H and O–H groups in total. The number of pyridine rings is 1. The minimum atomic E-state index is -0.668. The number of nitrogens with zero attached hydrogens (tertiary/aromatic N) is 1. The van der Waals surface area contributed by atoms with Crippen molar-refractivity contribution in [2.45, 2.75) is 31.9 Å². The Morgan fingerprint density at radius 3 is 2.69 bits per heavy atom. The van der Waals surface area contributed by atoms with Gasteiger partial charge in [0.25, 0.3) is 5.91 Å². The van der Waals surface area contributed by atoms with Crippen LogP contribution in [-0.4, -0.2) is 29.2 Å². The summed E-state index contributed by atoms with van der Waals surface area (Å²) in [6, 6.07) is 5.86. The number of nitrogens with one attached hydrogen (secondary N) is 1. The molecule has 2 aromatic rings. The molecule has 0 bridgehead atoms. The van der Waals surface area contributed by atoms with Crippen LogP contribution in [0, 0.1) is 18.7 Å². The van der Waals surface area contributed by atoms with E-state index in [1.54, 1.807) is 25.3 Å². The van der Waals surface area contributed by atoms with Crippen LogP contribution in [0.4, 0.5) is 4.39 Å². The van der Waals surface area contributed by atoms with Crippen LogP contribution < -0.4 is 10.1 Å². The fourth-order valence-corrected chi connectivity index (χ4v) is 3.39. The van der Waals surface area contributed by atoms with Crippen LogP contribution in [0.5, 0.6) is 5.88 Å². The van der Waals surface area contributed by atoms with Crippen molar-refractivity contribution in [2.75, 3.05) is 7.11 Å². The van der Waals surface area contributed by atoms with Crippen LogP contribution in [0.3, 0.4) is 0 Å². The second-order valence-corrected chi connectivity index (χ2v) is 6.90. The fourth-order valence-electron chi connectivity index (χ4n) is 3.15. The number of ether oxygens (including phenoxy) is 1. The summed E-state index contributed by atoms with van der Waals surface area (Å²) >= 11 is 6.14. The summed E-state index contributed by atoms with van der Waals surface area (Å²) in [5.74, 6) is -0.757. The van der Waals surface area contributed by atoms with Crippen molar-refractivity contribution in [1.82, 2.24) is 10.3 Å². The number of hydrogen-bond acceptors (Lipinski definition) is 4. The average molecular weight is 379 g/mol. The van der Waals surface area contributed by atoms with Crippen LogP contribution in [-0.2, 0) is 0 Å². The summed E-state index contributed by atoms with van der Waals surface area (Å²) in [5, 5.41) is 12.6. The Morgan fingerprint density at radius 2 is 2.12 bits per heavy atom. The van der Waals surface area contributed by atoms with Crippen LogP contribution in [0.1, 0.15) is 40.4 Å². The highest BCUT2D eigenvalue weighted by Gasteiger charge is 2.36. The molecule has 5 nitrogen and oxygen atoms in total. The first-order chi connectivity index (χ1) is 12.4. The minimum absolute atomic E-state index is 0.0378. The monoisotopic (exact) mass is 378 g/mol. The Labute approximate surface area is 156 Å². The molecule has 1 aliphatic carbocycles. The Balaban J connectivity index is 1.88. The molecule has 1 amide bonds. The van der Waals surface area contributed by atoms with Crippen LogP contribution in [0.15, 0.2) is 30.5 Å². The largest absolute Gasteiger partial charge is 0.481 e. The summed E-state index contributed by atoms with van der Waals surface area (Å²) in [6.07, 6.45) is 2.34. The predicted molar refractivity (Wildman–Crippen MR) is 95.9 cm³/mol. The zero-order valence-corrected chi connectivity index (χ0v) is 15.3. The maximum atomic E-state index is 14.2. The van der Waals surface area contributed by atoms with Gasteiger partial charge in [-0.15, -0.1) is 0 Å². The fraction of sp³-hybridized carbons (Fsp3) is 0.368. The molecule has 0 radical (unpaired) electrons. The third-order valence-electron chi connectivity index (χ3n) is 4.75. The first-order valence-corrected chi connectivity index (χ1v) is 8.72. The minimum Gasteiger partial charge on any atom is -0.481 e. The maximum absolute atomic E-state index is 14.2. The third-order valence-corrected chi connectivity index (χ3v) is 5.23. The molecule has 1 aromatic heterocycles. The SMILES string of the molecule is COc1ccc(C(NC(=O)c2c(F)ccc(C)c2Cl)C2CC(O)C2)cn1. The molecule has 1 unspecified atom stereocenters. The lowest BCUT2D eigenvalue weighted by Crippen LogP contribution is -2.41. The van der Waals surface area contributed by atoms with E-state index in [1.165, 1.54) is 19.2 Å². The molecule has 1 aliphatic rings.